The molecule has 248 valence electrons. The van der Waals surface area contributed by atoms with Crippen LogP contribution in [0.25, 0.3) is 0 Å². The zero-order valence-corrected chi connectivity index (χ0v) is 27.6. The molecule has 0 aromatic heterocycles. The SMILES string of the molecule is CCN1C[C@]2(COC)CC[C@H](OC)C34C1C([C@H](OC)[C@@H]32)[C@@]1(OC(C)=O)C[C@H](OC)[C@@]2(O)C[C@@H]4[C@@H]1C2C(=O)c1ccc(OC)cc1. The number of fused-ring (bicyclic) bond motifs is 2. The zero-order valence-electron chi connectivity index (χ0n) is 27.6. The van der Waals surface area contributed by atoms with Gasteiger partial charge in [0.2, 0.25) is 0 Å². The van der Waals surface area contributed by atoms with Crippen LogP contribution in [-0.4, -0.2) is 113 Å². The summed E-state index contributed by atoms with van der Waals surface area (Å²) in [5.41, 5.74) is -2.76. The lowest BCUT2D eigenvalue weighted by Crippen LogP contribution is -2.77. The predicted molar refractivity (Wildman–Crippen MR) is 163 cm³/mol. The molecule has 5 saturated carbocycles. The number of benzene rings is 1. The van der Waals surface area contributed by atoms with Gasteiger partial charge in [-0.1, -0.05) is 6.92 Å². The molecule has 1 saturated heterocycles. The van der Waals surface area contributed by atoms with Crippen molar-refractivity contribution < 1.29 is 43.1 Å². The van der Waals surface area contributed by atoms with Gasteiger partial charge in [-0.05, 0) is 56.0 Å². The number of hydrogen-bond acceptors (Lipinski definition) is 10. The molecule has 13 atom stereocenters. The van der Waals surface area contributed by atoms with Gasteiger partial charge in [-0.25, -0.2) is 0 Å². The normalized spacial score (nSPS) is 47.4. The quantitative estimate of drug-likeness (QED) is 0.307. The first kappa shape index (κ1) is 31.5. The maximum absolute atomic E-state index is 14.8. The predicted octanol–water partition coefficient (Wildman–Crippen LogP) is 2.99. The van der Waals surface area contributed by atoms with Crippen LogP contribution in [0, 0.1) is 40.4 Å². The monoisotopic (exact) mass is 627 g/mol. The van der Waals surface area contributed by atoms with Crippen LogP contribution in [0.5, 0.6) is 5.75 Å². The van der Waals surface area contributed by atoms with Crippen molar-refractivity contribution >= 4 is 11.8 Å². The highest BCUT2D eigenvalue weighted by Crippen LogP contribution is 2.81. The van der Waals surface area contributed by atoms with E-state index < -0.39 is 40.5 Å². The largest absolute Gasteiger partial charge is 0.497 e. The van der Waals surface area contributed by atoms with Crippen molar-refractivity contribution in [3.05, 3.63) is 29.8 Å². The van der Waals surface area contributed by atoms with E-state index in [2.05, 4.69) is 11.8 Å². The lowest BCUT2D eigenvalue weighted by molar-refractivity contribution is -0.277. The third kappa shape index (κ3) is 3.72. The summed E-state index contributed by atoms with van der Waals surface area (Å²) in [4.78, 5) is 30.7. The van der Waals surface area contributed by atoms with Crippen LogP contribution < -0.4 is 4.74 Å². The fourth-order valence-electron chi connectivity index (χ4n) is 12.7. The number of piperidine rings is 1. The molecule has 6 fully saturated rings. The number of ketones is 1. The van der Waals surface area contributed by atoms with Crippen molar-refractivity contribution in [3.63, 3.8) is 0 Å². The molecule has 10 nitrogen and oxygen atoms in total. The summed E-state index contributed by atoms with van der Waals surface area (Å²) in [6.45, 7) is 5.86. The first-order valence-corrected chi connectivity index (χ1v) is 16.5. The summed E-state index contributed by atoms with van der Waals surface area (Å²) in [5.74, 6) is -1.66. The maximum atomic E-state index is 14.8. The van der Waals surface area contributed by atoms with Crippen molar-refractivity contribution in [3.8, 4) is 5.75 Å². The Morgan fingerprint density at radius 3 is 2.27 bits per heavy atom. The third-order valence-corrected chi connectivity index (χ3v) is 13.5. The van der Waals surface area contributed by atoms with Gasteiger partial charge < -0.3 is 33.5 Å². The minimum atomic E-state index is -1.46. The molecular weight excluding hydrogens is 578 g/mol. The number of rotatable bonds is 10. The number of aliphatic hydroxyl groups is 1. The average Bonchev–Trinajstić information content (AvgIpc) is 3.43. The number of likely N-dealkylation sites (tertiary alicyclic amines) is 1. The van der Waals surface area contributed by atoms with Crippen LogP contribution in [0.3, 0.4) is 0 Å². The summed E-state index contributed by atoms with van der Waals surface area (Å²) in [7, 11) is 8.52. The van der Waals surface area contributed by atoms with E-state index in [0.717, 1.165) is 25.9 Å². The molecule has 10 heteroatoms. The number of hydrogen-bond donors (Lipinski definition) is 1. The van der Waals surface area contributed by atoms with Gasteiger partial charge in [0.05, 0.1) is 37.9 Å². The Morgan fingerprint density at radius 1 is 0.978 bits per heavy atom. The molecule has 1 aromatic carbocycles. The maximum Gasteiger partial charge on any atom is 0.303 e. The van der Waals surface area contributed by atoms with Gasteiger partial charge >= 0.3 is 5.97 Å². The van der Waals surface area contributed by atoms with E-state index in [1.807, 2.05) is 0 Å². The minimum absolute atomic E-state index is 0.0227. The van der Waals surface area contributed by atoms with E-state index in [1.165, 1.54) is 6.92 Å². The smallest absolute Gasteiger partial charge is 0.303 e. The molecule has 7 rings (SSSR count). The van der Waals surface area contributed by atoms with E-state index in [9.17, 15) is 14.7 Å². The number of methoxy groups -OCH3 is 5. The van der Waals surface area contributed by atoms with Crippen LogP contribution in [0.1, 0.15) is 49.9 Å². The van der Waals surface area contributed by atoms with E-state index in [-0.39, 0.29) is 47.2 Å². The highest BCUT2D eigenvalue weighted by Gasteiger charge is 2.89. The number of nitrogens with zero attached hydrogens (tertiary/aromatic N) is 1. The molecule has 6 aliphatic rings. The van der Waals surface area contributed by atoms with Crippen molar-refractivity contribution in [2.24, 2.45) is 40.4 Å². The van der Waals surface area contributed by atoms with Crippen LogP contribution >= 0.6 is 0 Å². The Kier molecular flexibility index (Phi) is 7.51. The van der Waals surface area contributed by atoms with Crippen molar-refractivity contribution in [1.82, 2.24) is 4.90 Å². The van der Waals surface area contributed by atoms with Crippen molar-refractivity contribution in [2.45, 2.75) is 75.1 Å². The Balaban J connectivity index is 1.52. The number of carbonyl (C=O) groups is 2. The Hall–Kier alpha value is -2.08. The molecule has 0 amide bonds. The van der Waals surface area contributed by atoms with Crippen LogP contribution in [0.4, 0.5) is 0 Å². The Morgan fingerprint density at radius 2 is 1.69 bits per heavy atom. The van der Waals surface area contributed by atoms with Gasteiger partial charge in [0.25, 0.3) is 0 Å². The first-order valence-electron chi connectivity index (χ1n) is 16.5. The summed E-state index contributed by atoms with van der Waals surface area (Å²) in [6, 6.07) is 7.02. The molecule has 7 bridgehead atoms. The van der Waals surface area contributed by atoms with Gasteiger partial charge in [-0.15, -0.1) is 0 Å². The molecule has 1 spiro atoms. The second-order valence-corrected chi connectivity index (χ2v) is 14.6. The number of Topliss-reactive ketones (excluding diaryl/α,β-unsaturated/α-hetero) is 1. The molecule has 1 aromatic rings. The summed E-state index contributed by atoms with van der Waals surface area (Å²) >= 11 is 0. The molecule has 1 N–H and O–H groups in total. The number of ether oxygens (including phenoxy) is 6. The molecule has 1 aliphatic heterocycles. The van der Waals surface area contributed by atoms with Gasteiger partial charge in [0.1, 0.15) is 17.0 Å². The molecule has 4 unspecified atom stereocenters. The molecule has 1 heterocycles. The topological polar surface area (TPSA) is 113 Å². The molecule has 45 heavy (non-hydrogen) atoms. The molecule has 5 aliphatic carbocycles. The van der Waals surface area contributed by atoms with Crippen LogP contribution in [-0.2, 0) is 28.5 Å². The van der Waals surface area contributed by atoms with Crippen molar-refractivity contribution in [2.75, 3.05) is 55.2 Å². The third-order valence-electron chi connectivity index (χ3n) is 13.5. The van der Waals surface area contributed by atoms with E-state index >= 15 is 0 Å². The Bertz CT molecular complexity index is 1340. The van der Waals surface area contributed by atoms with Gasteiger partial charge in [0.15, 0.2) is 5.78 Å². The summed E-state index contributed by atoms with van der Waals surface area (Å²) in [5, 5.41) is 12.9. The lowest BCUT2D eigenvalue weighted by Gasteiger charge is -2.69. The van der Waals surface area contributed by atoms with Crippen molar-refractivity contribution in [1.29, 1.82) is 0 Å². The Labute approximate surface area is 266 Å². The van der Waals surface area contributed by atoms with E-state index in [1.54, 1.807) is 59.8 Å². The second kappa shape index (κ2) is 10.7. The van der Waals surface area contributed by atoms with Crippen LogP contribution in [0.15, 0.2) is 24.3 Å². The lowest BCUT2D eigenvalue weighted by atomic mass is 9.42. The van der Waals surface area contributed by atoms with Gasteiger partial charge in [-0.3, -0.25) is 14.5 Å². The molecule has 0 radical (unpaired) electrons. The second-order valence-electron chi connectivity index (χ2n) is 14.6. The molecular formula is C35H49NO9. The first-order chi connectivity index (χ1) is 21.6. The minimum Gasteiger partial charge on any atom is -0.497 e. The summed E-state index contributed by atoms with van der Waals surface area (Å²) in [6.07, 6.45) is 1.28. The van der Waals surface area contributed by atoms with E-state index in [4.69, 9.17) is 28.4 Å². The standard InChI is InChI=1S/C35H49NO9/c1-8-36-17-32(18-40-3)14-13-23(42-5)35-22-15-33(39)24(43-6)16-34(45-19(2)37,27(31(35)36)29(44-7)30(32)35)25(22)26(33)28(38)20-9-11-21(41-4)12-10-20/h9-12,22-27,29-31,39H,8,13-18H2,1-7H3/t22-,23+,24+,25-,26?,27?,29+,30-,31?,32+,33+,34-,35?/m1/s1. The summed E-state index contributed by atoms with van der Waals surface area (Å²) < 4.78 is 37.3. The van der Waals surface area contributed by atoms with Gasteiger partial charge in [0, 0.05) is 88.5 Å². The fourth-order valence-corrected chi connectivity index (χ4v) is 12.7. The van der Waals surface area contributed by atoms with Crippen LogP contribution in [0.2, 0.25) is 0 Å². The number of carbonyl (C=O) groups excluding carboxylic acids is 2. The highest BCUT2D eigenvalue weighted by atomic mass is 16.6. The zero-order chi connectivity index (χ0) is 32.1. The van der Waals surface area contributed by atoms with Gasteiger partial charge in [-0.2, -0.15) is 0 Å². The fraction of sp³-hybridized carbons (Fsp3) is 0.771. The average molecular weight is 628 g/mol. The highest BCUT2D eigenvalue weighted by molar-refractivity contribution is 5.99. The van der Waals surface area contributed by atoms with E-state index in [0.29, 0.717) is 30.8 Å². The number of esters is 1.